The van der Waals surface area contributed by atoms with E-state index >= 15 is 0 Å². The van der Waals surface area contributed by atoms with Crippen molar-refractivity contribution in [1.82, 2.24) is 20.1 Å². The first-order chi connectivity index (χ1) is 4.97. The standard InChI is InChI=1S/C6H10N4/c1-2-7-3-6(1)10-4-8-9-5-10/h4-7H,1-3H2/t6-/m1/s1. The van der Waals surface area contributed by atoms with Gasteiger partial charge in [-0.3, -0.25) is 0 Å². The van der Waals surface area contributed by atoms with E-state index in [9.17, 15) is 0 Å². The zero-order chi connectivity index (χ0) is 6.81. The monoisotopic (exact) mass is 138 g/mol. The van der Waals surface area contributed by atoms with Gasteiger partial charge in [0.2, 0.25) is 0 Å². The van der Waals surface area contributed by atoms with E-state index in [4.69, 9.17) is 0 Å². The third-order valence-electron chi connectivity index (χ3n) is 1.89. The van der Waals surface area contributed by atoms with Crippen LogP contribution < -0.4 is 5.32 Å². The predicted octanol–water partition coefficient (Wildman–Crippen LogP) is -0.188. The summed E-state index contributed by atoms with van der Waals surface area (Å²) in [4.78, 5) is 0. The van der Waals surface area contributed by atoms with Crippen LogP contribution in [0, 0.1) is 0 Å². The summed E-state index contributed by atoms with van der Waals surface area (Å²) in [6.45, 7) is 2.17. The Morgan fingerprint density at radius 3 is 2.80 bits per heavy atom. The summed E-state index contributed by atoms with van der Waals surface area (Å²) in [5.41, 5.74) is 0. The number of aromatic nitrogens is 3. The molecule has 1 saturated heterocycles. The van der Waals surface area contributed by atoms with Crippen molar-refractivity contribution in [3.63, 3.8) is 0 Å². The molecule has 1 aliphatic heterocycles. The molecule has 1 aromatic rings. The maximum absolute atomic E-state index is 3.75. The quantitative estimate of drug-likeness (QED) is 0.585. The van der Waals surface area contributed by atoms with E-state index in [-0.39, 0.29) is 0 Å². The molecular formula is C6H10N4. The topological polar surface area (TPSA) is 42.7 Å². The number of nitrogens with zero attached hydrogens (tertiary/aromatic N) is 3. The molecule has 0 radical (unpaired) electrons. The molecule has 0 saturated carbocycles. The van der Waals surface area contributed by atoms with Crippen LogP contribution in [-0.4, -0.2) is 27.9 Å². The van der Waals surface area contributed by atoms with Crippen molar-refractivity contribution < 1.29 is 0 Å². The van der Waals surface area contributed by atoms with Crippen LogP contribution in [0.25, 0.3) is 0 Å². The zero-order valence-electron chi connectivity index (χ0n) is 5.70. The van der Waals surface area contributed by atoms with Crippen molar-refractivity contribution in [2.24, 2.45) is 0 Å². The minimum Gasteiger partial charge on any atom is -0.316 e. The van der Waals surface area contributed by atoms with Crippen LogP contribution >= 0.6 is 0 Å². The molecule has 4 heteroatoms. The molecular weight excluding hydrogens is 128 g/mol. The van der Waals surface area contributed by atoms with Gasteiger partial charge in [0.05, 0.1) is 0 Å². The predicted molar refractivity (Wildman–Crippen MR) is 36.5 cm³/mol. The molecule has 1 fully saturated rings. The largest absolute Gasteiger partial charge is 0.316 e. The Balaban J connectivity index is 2.12. The fourth-order valence-electron chi connectivity index (χ4n) is 1.29. The van der Waals surface area contributed by atoms with Crippen LogP contribution in [0.5, 0.6) is 0 Å². The maximum atomic E-state index is 3.75. The highest BCUT2D eigenvalue weighted by Crippen LogP contribution is 2.12. The number of hydrogen-bond donors (Lipinski definition) is 1. The van der Waals surface area contributed by atoms with Crippen LogP contribution in [0.2, 0.25) is 0 Å². The van der Waals surface area contributed by atoms with E-state index < -0.39 is 0 Å². The highest BCUT2D eigenvalue weighted by Gasteiger charge is 2.14. The van der Waals surface area contributed by atoms with Gasteiger partial charge in [0, 0.05) is 12.6 Å². The van der Waals surface area contributed by atoms with Gasteiger partial charge in [-0.15, -0.1) is 10.2 Å². The van der Waals surface area contributed by atoms with Crippen LogP contribution in [0.15, 0.2) is 12.7 Å². The SMILES string of the molecule is c1nncn1[C@@H]1CCNC1. The smallest absolute Gasteiger partial charge is 0.119 e. The molecule has 2 rings (SSSR count). The van der Waals surface area contributed by atoms with Crippen LogP contribution in [0.1, 0.15) is 12.5 Å². The third kappa shape index (κ3) is 0.903. The molecule has 1 atom stereocenters. The molecule has 0 bridgehead atoms. The molecule has 0 aromatic carbocycles. The van der Waals surface area contributed by atoms with Gasteiger partial charge >= 0.3 is 0 Å². The summed E-state index contributed by atoms with van der Waals surface area (Å²) >= 11 is 0. The van der Waals surface area contributed by atoms with E-state index in [2.05, 4.69) is 20.1 Å². The fourth-order valence-corrected chi connectivity index (χ4v) is 1.29. The van der Waals surface area contributed by atoms with Crippen molar-refractivity contribution in [1.29, 1.82) is 0 Å². The second kappa shape index (κ2) is 2.38. The Kier molecular flexibility index (Phi) is 1.39. The van der Waals surface area contributed by atoms with Gasteiger partial charge in [-0.2, -0.15) is 0 Å². The van der Waals surface area contributed by atoms with Gasteiger partial charge in [-0.1, -0.05) is 0 Å². The Morgan fingerprint density at radius 2 is 2.20 bits per heavy atom. The first-order valence-electron chi connectivity index (χ1n) is 3.51. The summed E-state index contributed by atoms with van der Waals surface area (Å²) < 4.78 is 2.06. The van der Waals surface area contributed by atoms with E-state index in [0.29, 0.717) is 6.04 Å². The molecule has 0 amide bonds. The lowest BCUT2D eigenvalue weighted by atomic mass is 10.3. The summed E-state index contributed by atoms with van der Waals surface area (Å²) in [5.74, 6) is 0. The Bertz CT molecular complexity index is 188. The van der Waals surface area contributed by atoms with Gasteiger partial charge in [0.1, 0.15) is 12.7 Å². The normalized spacial score (nSPS) is 25.4. The number of nitrogens with one attached hydrogen (secondary N) is 1. The lowest BCUT2D eigenvalue weighted by Gasteiger charge is -2.06. The summed E-state index contributed by atoms with van der Waals surface area (Å²) in [6.07, 6.45) is 4.74. The van der Waals surface area contributed by atoms with Crippen LogP contribution in [-0.2, 0) is 0 Å². The minimum absolute atomic E-state index is 0.579. The van der Waals surface area contributed by atoms with Gasteiger partial charge in [-0.05, 0) is 13.0 Å². The summed E-state index contributed by atoms with van der Waals surface area (Å²) in [7, 11) is 0. The third-order valence-corrected chi connectivity index (χ3v) is 1.89. The molecule has 1 aromatic heterocycles. The second-order valence-electron chi connectivity index (χ2n) is 2.56. The Hall–Kier alpha value is -0.900. The molecule has 0 unspecified atom stereocenters. The lowest BCUT2D eigenvalue weighted by molar-refractivity contribution is 0.545. The van der Waals surface area contributed by atoms with E-state index in [1.54, 1.807) is 12.7 Å². The van der Waals surface area contributed by atoms with Crippen molar-refractivity contribution >= 4 is 0 Å². The fraction of sp³-hybridized carbons (Fsp3) is 0.667. The summed E-state index contributed by atoms with van der Waals surface area (Å²) in [5, 5.41) is 10.8. The molecule has 10 heavy (non-hydrogen) atoms. The molecule has 1 aliphatic rings. The van der Waals surface area contributed by atoms with Gasteiger partial charge in [0.25, 0.3) is 0 Å². The Morgan fingerprint density at radius 1 is 1.40 bits per heavy atom. The maximum Gasteiger partial charge on any atom is 0.119 e. The first-order valence-corrected chi connectivity index (χ1v) is 3.51. The Labute approximate surface area is 59.3 Å². The van der Waals surface area contributed by atoms with E-state index in [1.807, 2.05) is 0 Å². The van der Waals surface area contributed by atoms with Crippen molar-refractivity contribution in [3.05, 3.63) is 12.7 Å². The average molecular weight is 138 g/mol. The highest BCUT2D eigenvalue weighted by atomic mass is 15.3. The molecule has 0 spiro atoms. The molecule has 2 heterocycles. The van der Waals surface area contributed by atoms with E-state index in [1.165, 1.54) is 6.42 Å². The molecule has 0 aliphatic carbocycles. The average Bonchev–Trinajstić information content (AvgIpc) is 2.59. The molecule has 4 nitrogen and oxygen atoms in total. The minimum atomic E-state index is 0.579. The van der Waals surface area contributed by atoms with Crippen LogP contribution in [0.4, 0.5) is 0 Å². The first kappa shape index (κ1) is 5.85. The van der Waals surface area contributed by atoms with Crippen molar-refractivity contribution in [3.8, 4) is 0 Å². The molecule has 54 valence electrons. The van der Waals surface area contributed by atoms with Gasteiger partial charge in [-0.25, -0.2) is 0 Å². The second-order valence-corrected chi connectivity index (χ2v) is 2.56. The van der Waals surface area contributed by atoms with Crippen molar-refractivity contribution in [2.75, 3.05) is 13.1 Å². The van der Waals surface area contributed by atoms with Crippen molar-refractivity contribution in [2.45, 2.75) is 12.5 Å². The number of hydrogen-bond acceptors (Lipinski definition) is 3. The van der Waals surface area contributed by atoms with Gasteiger partial charge in [0.15, 0.2) is 0 Å². The highest BCUT2D eigenvalue weighted by molar-refractivity contribution is 4.79. The zero-order valence-corrected chi connectivity index (χ0v) is 5.70. The molecule has 1 N–H and O–H groups in total. The van der Waals surface area contributed by atoms with E-state index in [0.717, 1.165) is 13.1 Å². The van der Waals surface area contributed by atoms with Crippen LogP contribution in [0.3, 0.4) is 0 Å². The lowest BCUT2D eigenvalue weighted by Crippen LogP contribution is -2.11. The van der Waals surface area contributed by atoms with Gasteiger partial charge < -0.3 is 9.88 Å². The summed E-state index contributed by atoms with van der Waals surface area (Å²) in [6, 6.07) is 0.579. The number of rotatable bonds is 1.